The Morgan fingerprint density at radius 3 is 2.74 bits per heavy atom. The minimum absolute atomic E-state index is 0.140. The Labute approximate surface area is 181 Å². The molecular weight excluding hydrogens is 401 g/mol. The second-order valence-electron chi connectivity index (χ2n) is 7.46. The Kier molecular flexibility index (Phi) is 8.19. The summed E-state index contributed by atoms with van der Waals surface area (Å²) < 4.78 is 15.3. The molecule has 168 valence electrons. The summed E-state index contributed by atoms with van der Waals surface area (Å²) in [4.78, 5) is 14.0. The molecule has 3 rings (SSSR count). The number of hydrogen-bond acceptors (Lipinski definition) is 6. The molecule has 1 aromatic carbocycles. The van der Waals surface area contributed by atoms with Crippen LogP contribution in [-0.4, -0.2) is 58.5 Å². The van der Waals surface area contributed by atoms with Gasteiger partial charge in [-0.15, -0.1) is 0 Å². The fourth-order valence-electron chi connectivity index (χ4n) is 3.73. The highest BCUT2D eigenvalue weighted by molar-refractivity contribution is 5.97. The molecule has 0 saturated heterocycles. The van der Waals surface area contributed by atoms with E-state index in [1.807, 2.05) is 6.20 Å². The molecule has 2 aromatic rings. The van der Waals surface area contributed by atoms with Crippen LogP contribution in [0.25, 0.3) is 6.08 Å². The lowest BCUT2D eigenvalue weighted by Crippen LogP contribution is -2.34. The smallest absolute Gasteiger partial charge is 0.290 e. The van der Waals surface area contributed by atoms with Gasteiger partial charge in [0.2, 0.25) is 0 Å². The van der Waals surface area contributed by atoms with Crippen LogP contribution in [0.1, 0.15) is 29.3 Å². The number of carbonyl (C=O) groups is 1. The first-order valence-corrected chi connectivity index (χ1v) is 10.4. The largest absolute Gasteiger partial charge is 0.395 e. The van der Waals surface area contributed by atoms with Gasteiger partial charge in [-0.3, -0.25) is 10.0 Å². The van der Waals surface area contributed by atoms with Crippen molar-refractivity contribution in [3.8, 4) is 0 Å². The maximum Gasteiger partial charge on any atom is 0.290 e. The number of rotatable bonds is 11. The third-order valence-corrected chi connectivity index (χ3v) is 5.45. The second kappa shape index (κ2) is 11.1. The normalized spacial score (nSPS) is 13.0. The Bertz CT molecular complexity index is 911. The van der Waals surface area contributed by atoms with Gasteiger partial charge in [-0.05, 0) is 35.9 Å². The van der Waals surface area contributed by atoms with Gasteiger partial charge < -0.3 is 25.2 Å². The van der Waals surface area contributed by atoms with E-state index in [2.05, 4.69) is 27.0 Å². The highest BCUT2D eigenvalue weighted by Crippen LogP contribution is 2.25. The quantitative estimate of drug-likeness (QED) is 0.207. The van der Waals surface area contributed by atoms with Gasteiger partial charge in [0.1, 0.15) is 11.5 Å². The minimum atomic E-state index is -0.585. The number of nitrogens with zero attached hydrogens (tertiary/aromatic N) is 2. The molecule has 2 heterocycles. The lowest BCUT2D eigenvalue weighted by atomic mass is 10.1. The van der Waals surface area contributed by atoms with Crippen LogP contribution in [0, 0.1) is 5.82 Å². The number of fused-ring (bicyclic) bond motifs is 1. The van der Waals surface area contributed by atoms with E-state index in [9.17, 15) is 9.18 Å². The van der Waals surface area contributed by atoms with Gasteiger partial charge in [-0.25, -0.2) is 9.87 Å². The predicted octanol–water partition coefficient (Wildman–Crippen LogP) is 1.03. The van der Waals surface area contributed by atoms with E-state index < -0.39 is 5.91 Å². The van der Waals surface area contributed by atoms with Crippen LogP contribution in [0.2, 0.25) is 0 Å². The molecule has 1 aromatic heterocycles. The molecule has 0 radical (unpaired) electrons. The zero-order valence-electron chi connectivity index (χ0n) is 17.7. The van der Waals surface area contributed by atoms with E-state index in [-0.39, 0.29) is 12.4 Å². The van der Waals surface area contributed by atoms with Crippen LogP contribution in [0.5, 0.6) is 0 Å². The monoisotopic (exact) mass is 431 g/mol. The topological polar surface area (TPSA) is 102 Å². The molecule has 0 spiro atoms. The van der Waals surface area contributed by atoms with Gasteiger partial charge in [0.15, 0.2) is 0 Å². The van der Waals surface area contributed by atoms with Crippen molar-refractivity contribution < 1.29 is 19.5 Å². The number of halogens is 1. The number of aliphatic hydroxyl groups is 1. The number of amides is 1. The Balaban J connectivity index is 1.77. The molecule has 1 aliphatic rings. The second-order valence-corrected chi connectivity index (χ2v) is 7.46. The van der Waals surface area contributed by atoms with Crippen molar-refractivity contribution in [2.75, 3.05) is 32.8 Å². The third kappa shape index (κ3) is 5.92. The van der Waals surface area contributed by atoms with E-state index in [1.165, 1.54) is 12.1 Å². The molecule has 8 nitrogen and oxygen atoms in total. The number of hydroxylamine groups is 1. The maximum absolute atomic E-state index is 13.3. The number of aromatic nitrogens is 1. The summed E-state index contributed by atoms with van der Waals surface area (Å²) >= 11 is 0. The van der Waals surface area contributed by atoms with Gasteiger partial charge in [0.25, 0.3) is 5.91 Å². The van der Waals surface area contributed by atoms with Crippen molar-refractivity contribution >= 4 is 12.0 Å². The third-order valence-electron chi connectivity index (χ3n) is 5.45. The number of likely N-dealkylation sites (N-methyl/N-ethyl adjacent to an activating group) is 1. The highest BCUT2D eigenvalue weighted by Gasteiger charge is 2.22. The van der Waals surface area contributed by atoms with Crippen molar-refractivity contribution in [1.82, 2.24) is 25.6 Å². The van der Waals surface area contributed by atoms with Crippen molar-refractivity contribution in [1.29, 1.82) is 0 Å². The molecular formula is C22H30FN5O3. The zero-order valence-corrected chi connectivity index (χ0v) is 17.7. The van der Waals surface area contributed by atoms with Gasteiger partial charge in [0.05, 0.1) is 13.2 Å². The summed E-state index contributed by atoms with van der Waals surface area (Å²) in [5, 5.41) is 24.6. The molecule has 0 atom stereocenters. The number of carbonyl (C=O) groups excluding carboxylic acids is 1. The van der Waals surface area contributed by atoms with Crippen LogP contribution in [-0.2, 0) is 24.4 Å². The zero-order chi connectivity index (χ0) is 22.2. The fraction of sp³-hybridized carbons (Fsp3) is 0.409. The first-order chi connectivity index (χ1) is 15.0. The van der Waals surface area contributed by atoms with Crippen molar-refractivity contribution in [2.45, 2.75) is 26.6 Å². The van der Waals surface area contributed by atoms with Crippen LogP contribution < -0.4 is 16.1 Å². The molecule has 1 amide bonds. The number of aliphatic hydroxyl groups excluding tert-OH is 1. The van der Waals surface area contributed by atoms with Gasteiger partial charge in [-0.1, -0.05) is 19.1 Å². The molecule has 9 heteroatoms. The lowest BCUT2D eigenvalue weighted by molar-refractivity contribution is -0.125. The standard InChI is InChI=1S/C22H30FN5O3/c1-2-27(9-10-29)8-7-24-12-17-15-28(14-16-3-5-18(23)6-4-16)21-13-25-20(11-19(17)21)22(30)26-31/h3-6,11,15,24-25,29,31H,2,7-10,12-14H2,1H3,(H,26,30). The Morgan fingerprint density at radius 2 is 2.06 bits per heavy atom. The molecule has 1 aliphatic heterocycles. The summed E-state index contributed by atoms with van der Waals surface area (Å²) in [5.74, 6) is -0.854. The van der Waals surface area contributed by atoms with Crippen LogP contribution in [0.3, 0.4) is 0 Å². The number of hydrogen-bond donors (Lipinski definition) is 5. The summed E-state index contributed by atoms with van der Waals surface area (Å²) in [6.45, 7) is 6.95. The van der Waals surface area contributed by atoms with Crippen LogP contribution in [0.4, 0.5) is 4.39 Å². The average Bonchev–Trinajstić information content (AvgIpc) is 3.13. The minimum Gasteiger partial charge on any atom is -0.395 e. The highest BCUT2D eigenvalue weighted by atomic mass is 19.1. The average molecular weight is 432 g/mol. The SMILES string of the molecule is CCN(CCO)CCNCc1cn(Cc2ccc(F)cc2)c2c1C=C(C(=O)NO)NC2. The van der Waals surface area contributed by atoms with E-state index in [0.29, 0.717) is 31.9 Å². The Morgan fingerprint density at radius 1 is 1.29 bits per heavy atom. The summed E-state index contributed by atoms with van der Waals surface area (Å²) in [5.41, 5.74) is 5.94. The fourth-order valence-corrected chi connectivity index (χ4v) is 3.73. The molecule has 5 N–H and O–H groups in total. The van der Waals surface area contributed by atoms with Crippen molar-refractivity contribution in [3.05, 3.63) is 64.4 Å². The predicted molar refractivity (Wildman–Crippen MR) is 116 cm³/mol. The van der Waals surface area contributed by atoms with Gasteiger partial charge in [0, 0.05) is 50.2 Å². The summed E-state index contributed by atoms with van der Waals surface area (Å²) in [7, 11) is 0. The van der Waals surface area contributed by atoms with Crippen LogP contribution >= 0.6 is 0 Å². The Hall–Kier alpha value is -2.72. The molecule has 0 aliphatic carbocycles. The summed E-state index contributed by atoms with van der Waals surface area (Å²) in [6.07, 6.45) is 3.79. The van der Waals surface area contributed by atoms with E-state index in [4.69, 9.17) is 10.3 Å². The number of nitrogens with one attached hydrogen (secondary N) is 3. The molecule has 0 saturated carbocycles. The molecule has 0 bridgehead atoms. The van der Waals surface area contributed by atoms with E-state index in [1.54, 1.807) is 23.7 Å². The molecule has 0 unspecified atom stereocenters. The molecule has 31 heavy (non-hydrogen) atoms. The number of benzene rings is 1. The first kappa shape index (κ1) is 23.0. The van der Waals surface area contributed by atoms with Crippen molar-refractivity contribution in [2.24, 2.45) is 0 Å². The van der Waals surface area contributed by atoms with Gasteiger partial charge >= 0.3 is 0 Å². The molecule has 0 fully saturated rings. The van der Waals surface area contributed by atoms with E-state index in [0.717, 1.165) is 42.0 Å². The summed E-state index contributed by atoms with van der Waals surface area (Å²) in [6, 6.07) is 6.41. The first-order valence-electron chi connectivity index (χ1n) is 10.4. The van der Waals surface area contributed by atoms with E-state index >= 15 is 0 Å². The lowest BCUT2D eigenvalue weighted by Gasteiger charge is -2.19. The van der Waals surface area contributed by atoms with Crippen molar-refractivity contribution in [3.63, 3.8) is 0 Å². The maximum atomic E-state index is 13.3. The van der Waals surface area contributed by atoms with Gasteiger partial charge in [-0.2, -0.15) is 0 Å². The van der Waals surface area contributed by atoms with Crippen LogP contribution in [0.15, 0.2) is 36.2 Å².